The number of rotatable bonds is 6. The first-order valence-corrected chi connectivity index (χ1v) is 10.6. The molecule has 5 nitrogen and oxygen atoms in total. The Labute approximate surface area is 187 Å². The number of carbonyl (C=O) groups excluding carboxylic acids is 1. The molecular formula is C27H24N2O3. The van der Waals surface area contributed by atoms with Crippen LogP contribution in [-0.2, 0) is 6.54 Å². The molecule has 5 heteroatoms. The molecule has 3 aromatic carbocycles. The zero-order valence-corrected chi connectivity index (χ0v) is 17.8. The first-order valence-electron chi connectivity index (χ1n) is 10.6. The summed E-state index contributed by atoms with van der Waals surface area (Å²) in [6.07, 6.45) is 1.66. The molecule has 0 spiro atoms. The van der Waals surface area contributed by atoms with Crippen LogP contribution in [0.1, 0.15) is 29.0 Å². The molecule has 0 unspecified atom stereocenters. The van der Waals surface area contributed by atoms with E-state index in [1.54, 1.807) is 13.4 Å². The molecule has 32 heavy (non-hydrogen) atoms. The summed E-state index contributed by atoms with van der Waals surface area (Å²) in [5.41, 5.74) is 2.94. The smallest absolute Gasteiger partial charge is 0.326 e. The van der Waals surface area contributed by atoms with Gasteiger partial charge in [0.1, 0.15) is 17.6 Å². The summed E-state index contributed by atoms with van der Waals surface area (Å²) in [6.45, 7) is 0.503. The van der Waals surface area contributed by atoms with Gasteiger partial charge in [0.25, 0.3) is 0 Å². The number of ether oxygens (including phenoxy) is 1. The Bertz CT molecular complexity index is 1160. The second kappa shape index (κ2) is 8.63. The van der Waals surface area contributed by atoms with Crippen LogP contribution >= 0.6 is 0 Å². The number of nitrogens with zero attached hydrogens (tertiary/aromatic N) is 2. The van der Waals surface area contributed by atoms with Gasteiger partial charge in [-0.3, -0.25) is 4.90 Å². The fourth-order valence-corrected chi connectivity index (χ4v) is 4.40. The number of methoxy groups -OCH3 is 1. The highest BCUT2D eigenvalue weighted by Crippen LogP contribution is 2.48. The predicted molar refractivity (Wildman–Crippen MR) is 123 cm³/mol. The third-order valence-electron chi connectivity index (χ3n) is 5.89. The maximum absolute atomic E-state index is 13.9. The third-order valence-corrected chi connectivity index (χ3v) is 5.89. The Hall–Kier alpha value is -3.99. The number of hydrogen-bond acceptors (Lipinski definition) is 3. The van der Waals surface area contributed by atoms with E-state index in [1.165, 1.54) is 0 Å². The number of carbonyl (C=O) groups is 1. The van der Waals surface area contributed by atoms with Crippen molar-refractivity contribution in [2.45, 2.75) is 18.6 Å². The summed E-state index contributed by atoms with van der Waals surface area (Å²) in [4.78, 5) is 17.7. The van der Waals surface area contributed by atoms with E-state index in [9.17, 15) is 4.79 Å². The van der Waals surface area contributed by atoms with Gasteiger partial charge in [-0.25, -0.2) is 4.79 Å². The number of anilines is 1. The number of hydrogen-bond donors (Lipinski definition) is 0. The van der Waals surface area contributed by atoms with Crippen molar-refractivity contribution >= 4 is 11.7 Å². The molecule has 1 aliphatic heterocycles. The van der Waals surface area contributed by atoms with Crippen molar-refractivity contribution in [1.29, 1.82) is 0 Å². The van der Waals surface area contributed by atoms with Gasteiger partial charge < -0.3 is 14.1 Å². The van der Waals surface area contributed by atoms with Crippen molar-refractivity contribution in [2.24, 2.45) is 0 Å². The van der Waals surface area contributed by atoms with Crippen molar-refractivity contribution in [3.05, 3.63) is 120 Å². The van der Waals surface area contributed by atoms with E-state index in [4.69, 9.17) is 9.15 Å². The van der Waals surface area contributed by atoms with Crippen LogP contribution in [0.15, 0.2) is 108 Å². The van der Waals surface area contributed by atoms with Gasteiger partial charge in [0.05, 0.1) is 19.4 Å². The van der Waals surface area contributed by atoms with E-state index in [-0.39, 0.29) is 18.1 Å². The standard InChI is InChI=1S/C27H24N2O3/c1-31-23-16-14-22(15-17-23)29-26(24-13-8-18-32-24)25(21-11-6-3-7-12-21)28(27(29)30)19-20-9-4-2-5-10-20/h2-18,25-26H,19H2,1H3/t25-,26-/m1/s1. The third kappa shape index (κ3) is 3.62. The summed E-state index contributed by atoms with van der Waals surface area (Å²) in [5, 5.41) is 0. The van der Waals surface area contributed by atoms with Gasteiger partial charge in [-0.05, 0) is 47.5 Å². The molecule has 4 aromatic rings. The number of amides is 2. The highest BCUT2D eigenvalue weighted by Gasteiger charge is 2.49. The van der Waals surface area contributed by atoms with Crippen molar-refractivity contribution in [1.82, 2.24) is 4.90 Å². The highest BCUT2D eigenvalue weighted by atomic mass is 16.5. The van der Waals surface area contributed by atoms with E-state index >= 15 is 0 Å². The minimum Gasteiger partial charge on any atom is -0.497 e. The fraction of sp³-hybridized carbons (Fsp3) is 0.148. The first kappa shape index (κ1) is 19.9. The van der Waals surface area contributed by atoms with Crippen LogP contribution in [0.5, 0.6) is 5.75 Å². The lowest BCUT2D eigenvalue weighted by atomic mass is 9.96. The Kier molecular flexibility index (Phi) is 5.38. The second-order valence-corrected chi connectivity index (χ2v) is 7.78. The lowest BCUT2D eigenvalue weighted by Crippen LogP contribution is -2.32. The predicted octanol–water partition coefficient (Wildman–Crippen LogP) is 6.21. The van der Waals surface area contributed by atoms with E-state index in [0.29, 0.717) is 6.54 Å². The van der Waals surface area contributed by atoms with Gasteiger partial charge in [-0.1, -0.05) is 60.7 Å². The summed E-state index contributed by atoms with van der Waals surface area (Å²) in [6, 6.07) is 31.0. The molecule has 2 amide bonds. The van der Waals surface area contributed by atoms with Gasteiger partial charge >= 0.3 is 6.03 Å². The zero-order chi connectivity index (χ0) is 21.9. The molecular weight excluding hydrogens is 400 g/mol. The molecule has 0 saturated carbocycles. The lowest BCUT2D eigenvalue weighted by Gasteiger charge is -2.27. The highest BCUT2D eigenvalue weighted by molar-refractivity contribution is 5.96. The largest absolute Gasteiger partial charge is 0.497 e. The maximum atomic E-state index is 13.9. The van der Waals surface area contributed by atoms with Gasteiger partial charge in [0.15, 0.2) is 0 Å². The molecule has 0 radical (unpaired) electrons. The molecule has 1 aromatic heterocycles. The van der Waals surface area contributed by atoms with Crippen LogP contribution < -0.4 is 9.64 Å². The average molecular weight is 425 g/mol. The number of urea groups is 1. The molecule has 0 aliphatic carbocycles. The van der Waals surface area contributed by atoms with Crippen LogP contribution in [0.4, 0.5) is 10.5 Å². The van der Waals surface area contributed by atoms with E-state index < -0.39 is 0 Å². The summed E-state index contributed by atoms with van der Waals surface area (Å²) in [5.74, 6) is 1.49. The topological polar surface area (TPSA) is 45.9 Å². The maximum Gasteiger partial charge on any atom is 0.326 e. The van der Waals surface area contributed by atoms with E-state index in [0.717, 1.165) is 28.3 Å². The molecule has 5 rings (SSSR count). The van der Waals surface area contributed by atoms with Crippen molar-refractivity contribution in [3.8, 4) is 5.75 Å². The summed E-state index contributed by atoms with van der Waals surface area (Å²) >= 11 is 0. The summed E-state index contributed by atoms with van der Waals surface area (Å²) < 4.78 is 11.2. The minimum absolute atomic E-state index is 0.0609. The fourth-order valence-electron chi connectivity index (χ4n) is 4.40. The molecule has 0 bridgehead atoms. The van der Waals surface area contributed by atoms with Gasteiger partial charge in [0, 0.05) is 12.2 Å². The molecule has 2 heterocycles. The lowest BCUT2D eigenvalue weighted by molar-refractivity contribution is 0.198. The van der Waals surface area contributed by atoms with Crippen LogP contribution in [0.25, 0.3) is 0 Å². The Morgan fingerprint density at radius 2 is 1.50 bits per heavy atom. The van der Waals surface area contributed by atoms with Gasteiger partial charge in [-0.2, -0.15) is 0 Å². The Balaban J connectivity index is 1.64. The first-order chi connectivity index (χ1) is 15.8. The minimum atomic E-state index is -0.308. The molecule has 160 valence electrons. The van der Waals surface area contributed by atoms with Crippen LogP contribution in [0.2, 0.25) is 0 Å². The van der Waals surface area contributed by atoms with E-state index in [1.807, 2.05) is 94.7 Å². The SMILES string of the molecule is COc1ccc(N2C(=O)N(Cc3ccccc3)[C@H](c3ccccc3)[C@H]2c2ccco2)cc1. The average Bonchev–Trinajstić information content (AvgIpc) is 3.47. The van der Waals surface area contributed by atoms with E-state index in [2.05, 4.69) is 12.1 Å². The summed E-state index contributed by atoms with van der Waals surface area (Å²) in [7, 11) is 1.63. The van der Waals surface area contributed by atoms with Crippen LogP contribution in [0, 0.1) is 0 Å². The van der Waals surface area contributed by atoms with Crippen molar-refractivity contribution in [3.63, 3.8) is 0 Å². The van der Waals surface area contributed by atoms with Crippen LogP contribution in [-0.4, -0.2) is 18.0 Å². The molecule has 0 N–H and O–H groups in total. The van der Waals surface area contributed by atoms with Crippen molar-refractivity contribution in [2.75, 3.05) is 12.0 Å². The monoisotopic (exact) mass is 424 g/mol. The van der Waals surface area contributed by atoms with Gasteiger partial charge in [0.2, 0.25) is 0 Å². The number of benzene rings is 3. The number of furan rings is 1. The van der Waals surface area contributed by atoms with Gasteiger partial charge in [-0.15, -0.1) is 0 Å². The quantitative estimate of drug-likeness (QED) is 0.369. The molecule has 1 fully saturated rings. The molecule has 1 saturated heterocycles. The normalized spacial score (nSPS) is 18.2. The Morgan fingerprint density at radius 1 is 0.812 bits per heavy atom. The molecule has 1 aliphatic rings. The van der Waals surface area contributed by atoms with Crippen molar-refractivity contribution < 1.29 is 13.9 Å². The molecule has 2 atom stereocenters. The zero-order valence-electron chi connectivity index (χ0n) is 17.8. The second-order valence-electron chi connectivity index (χ2n) is 7.78. The van der Waals surface area contributed by atoms with Crippen LogP contribution in [0.3, 0.4) is 0 Å². The Morgan fingerprint density at radius 3 is 2.12 bits per heavy atom.